The van der Waals surface area contributed by atoms with Gasteiger partial charge in [-0.05, 0) is 42.7 Å². The van der Waals surface area contributed by atoms with Gasteiger partial charge >= 0.3 is 0 Å². The van der Waals surface area contributed by atoms with Crippen LogP contribution in [0.2, 0.25) is 0 Å². The Morgan fingerprint density at radius 1 is 1.29 bits per heavy atom. The normalized spacial score (nSPS) is 17.5. The van der Waals surface area contributed by atoms with Gasteiger partial charge in [0.25, 0.3) is 0 Å². The van der Waals surface area contributed by atoms with Gasteiger partial charge in [-0.15, -0.1) is 0 Å². The molecule has 0 aliphatic carbocycles. The summed E-state index contributed by atoms with van der Waals surface area (Å²) in [5.41, 5.74) is 4.56. The van der Waals surface area contributed by atoms with Gasteiger partial charge in [-0.2, -0.15) is 0 Å². The molecule has 1 aromatic heterocycles. The number of nitrogens with one attached hydrogen (secondary N) is 1. The first-order valence-electron chi connectivity index (χ1n) is 7.07. The quantitative estimate of drug-likeness (QED) is 0.713. The summed E-state index contributed by atoms with van der Waals surface area (Å²) in [4.78, 5) is 8.25. The summed E-state index contributed by atoms with van der Waals surface area (Å²) in [7, 11) is 0. The Hall–Kier alpha value is -1.81. The highest BCUT2D eigenvalue weighted by molar-refractivity contribution is 9.10. The zero-order valence-electron chi connectivity index (χ0n) is 11.7. The number of benzene rings is 2. The van der Waals surface area contributed by atoms with Gasteiger partial charge in [0.1, 0.15) is 11.6 Å². The molecule has 106 valence electrons. The molecule has 1 atom stereocenters. The molecule has 1 N–H and O–H groups in total. The number of imidazole rings is 1. The molecule has 0 saturated carbocycles. The van der Waals surface area contributed by atoms with Crippen LogP contribution in [0.1, 0.15) is 22.9 Å². The van der Waals surface area contributed by atoms with Crippen LogP contribution in [0.25, 0.3) is 11.0 Å². The van der Waals surface area contributed by atoms with Crippen LogP contribution in [-0.2, 0) is 6.42 Å². The third-order valence-electron chi connectivity index (χ3n) is 4.03. The highest BCUT2D eigenvalue weighted by Gasteiger charge is 2.24. The molecule has 0 saturated heterocycles. The van der Waals surface area contributed by atoms with Crippen LogP contribution >= 0.6 is 15.9 Å². The number of halogens is 1. The highest BCUT2D eigenvalue weighted by Crippen LogP contribution is 2.32. The van der Waals surface area contributed by atoms with E-state index in [4.69, 9.17) is 9.72 Å². The number of rotatable bonds is 1. The second-order valence-corrected chi connectivity index (χ2v) is 6.48. The maximum atomic E-state index is 5.87. The van der Waals surface area contributed by atoms with Crippen molar-refractivity contribution in [1.82, 2.24) is 9.97 Å². The molecule has 0 radical (unpaired) electrons. The molecule has 0 bridgehead atoms. The van der Waals surface area contributed by atoms with E-state index in [1.165, 1.54) is 11.1 Å². The third-order valence-corrected chi connectivity index (χ3v) is 4.48. The molecule has 3 aromatic rings. The molecule has 1 aliphatic heterocycles. The first-order chi connectivity index (χ1) is 10.2. The largest absolute Gasteiger partial charge is 0.493 e. The van der Waals surface area contributed by atoms with Crippen LogP contribution < -0.4 is 4.74 Å². The van der Waals surface area contributed by atoms with E-state index in [0.29, 0.717) is 6.61 Å². The molecule has 0 amide bonds. The number of H-pyrrole nitrogens is 1. The Labute approximate surface area is 131 Å². The molecule has 2 aromatic carbocycles. The number of nitrogens with zero attached hydrogens (tertiary/aromatic N) is 1. The summed E-state index contributed by atoms with van der Waals surface area (Å²) < 4.78 is 6.95. The lowest BCUT2D eigenvalue weighted by atomic mass is 9.96. The summed E-state index contributed by atoms with van der Waals surface area (Å²) in [6.45, 7) is 2.77. The van der Waals surface area contributed by atoms with Crippen molar-refractivity contribution in [3.8, 4) is 5.75 Å². The Balaban J connectivity index is 1.73. The number of fused-ring (bicyclic) bond motifs is 2. The van der Waals surface area contributed by atoms with Gasteiger partial charge in [0.15, 0.2) is 0 Å². The standard InChI is InChI=1S/C17H15BrN2O/c1-10-6-13(18)8-14-16(10)20-17(19-14)12-7-11-4-2-3-5-15(11)21-9-12/h2-6,8,12H,7,9H2,1H3,(H,19,20). The van der Waals surface area contributed by atoms with Crippen LogP contribution in [0.5, 0.6) is 5.75 Å². The molecule has 21 heavy (non-hydrogen) atoms. The van der Waals surface area contributed by atoms with Gasteiger partial charge in [-0.1, -0.05) is 34.1 Å². The van der Waals surface area contributed by atoms with Gasteiger partial charge in [0.2, 0.25) is 0 Å². The Morgan fingerprint density at radius 3 is 3.05 bits per heavy atom. The van der Waals surface area contributed by atoms with Gasteiger partial charge in [-0.25, -0.2) is 4.98 Å². The van der Waals surface area contributed by atoms with Crippen molar-refractivity contribution in [1.29, 1.82) is 0 Å². The fourth-order valence-corrected chi connectivity index (χ4v) is 3.53. The van der Waals surface area contributed by atoms with Crippen molar-refractivity contribution in [2.75, 3.05) is 6.61 Å². The summed E-state index contributed by atoms with van der Waals surface area (Å²) in [6.07, 6.45) is 0.968. The molecule has 4 heteroatoms. The van der Waals surface area contributed by atoms with Crippen LogP contribution in [0, 0.1) is 6.92 Å². The molecule has 3 nitrogen and oxygen atoms in total. The van der Waals surface area contributed by atoms with Crippen LogP contribution in [-0.4, -0.2) is 16.6 Å². The second kappa shape index (κ2) is 4.88. The molecule has 0 fully saturated rings. The zero-order chi connectivity index (χ0) is 14.4. The second-order valence-electron chi connectivity index (χ2n) is 5.56. The lowest BCUT2D eigenvalue weighted by Crippen LogP contribution is -2.20. The summed E-state index contributed by atoms with van der Waals surface area (Å²) in [6, 6.07) is 12.4. The molecule has 4 rings (SSSR count). The van der Waals surface area contributed by atoms with E-state index in [0.717, 1.165) is 33.5 Å². The van der Waals surface area contributed by atoms with E-state index in [1.807, 2.05) is 12.1 Å². The highest BCUT2D eigenvalue weighted by atomic mass is 79.9. The lowest BCUT2D eigenvalue weighted by Gasteiger charge is -2.23. The van der Waals surface area contributed by atoms with Crippen molar-refractivity contribution in [2.45, 2.75) is 19.3 Å². The minimum absolute atomic E-state index is 0.283. The number of aromatic nitrogens is 2. The number of aryl methyl sites for hydroxylation is 1. The maximum Gasteiger partial charge on any atom is 0.122 e. The molecule has 1 unspecified atom stereocenters. The van der Waals surface area contributed by atoms with E-state index in [9.17, 15) is 0 Å². The Morgan fingerprint density at radius 2 is 2.14 bits per heavy atom. The summed E-state index contributed by atoms with van der Waals surface area (Å²) in [5, 5.41) is 0. The lowest BCUT2D eigenvalue weighted by molar-refractivity contribution is 0.258. The van der Waals surface area contributed by atoms with E-state index < -0.39 is 0 Å². The molecule has 2 heterocycles. The molecular formula is C17H15BrN2O. The first kappa shape index (κ1) is 12.9. The van der Waals surface area contributed by atoms with Gasteiger partial charge in [0, 0.05) is 4.47 Å². The number of hydrogen-bond donors (Lipinski definition) is 1. The number of ether oxygens (including phenoxy) is 1. The van der Waals surface area contributed by atoms with Crippen molar-refractivity contribution < 1.29 is 4.74 Å². The Bertz CT molecular complexity index is 825. The van der Waals surface area contributed by atoms with Crippen molar-refractivity contribution >= 4 is 27.0 Å². The molecule has 1 aliphatic rings. The average molecular weight is 343 g/mol. The fraction of sp³-hybridized carbons (Fsp3) is 0.235. The van der Waals surface area contributed by atoms with E-state index in [2.05, 4.69) is 52.1 Å². The molecular weight excluding hydrogens is 328 g/mol. The summed E-state index contributed by atoms with van der Waals surface area (Å²) >= 11 is 3.54. The van der Waals surface area contributed by atoms with Crippen LogP contribution in [0.3, 0.4) is 0 Å². The predicted octanol–water partition coefficient (Wildman–Crippen LogP) is 4.35. The van der Waals surface area contributed by atoms with Crippen molar-refractivity contribution in [2.24, 2.45) is 0 Å². The third kappa shape index (κ3) is 2.23. The topological polar surface area (TPSA) is 37.9 Å². The minimum Gasteiger partial charge on any atom is -0.493 e. The monoisotopic (exact) mass is 342 g/mol. The maximum absolute atomic E-state index is 5.87. The molecule has 0 spiro atoms. The number of hydrogen-bond acceptors (Lipinski definition) is 2. The fourth-order valence-electron chi connectivity index (χ4n) is 2.96. The van der Waals surface area contributed by atoms with Crippen LogP contribution in [0.4, 0.5) is 0 Å². The van der Waals surface area contributed by atoms with E-state index in [1.54, 1.807) is 0 Å². The number of aromatic amines is 1. The summed E-state index contributed by atoms with van der Waals surface area (Å²) in [5.74, 6) is 2.30. The van der Waals surface area contributed by atoms with Crippen molar-refractivity contribution in [3.63, 3.8) is 0 Å². The van der Waals surface area contributed by atoms with Gasteiger partial charge in [-0.3, -0.25) is 0 Å². The van der Waals surface area contributed by atoms with E-state index >= 15 is 0 Å². The van der Waals surface area contributed by atoms with Gasteiger partial charge in [0.05, 0.1) is 23.6 Å². The van der Waals surface area contributed by atoms with Crippen LogP contribution in [0.15, 0.2) is 40.9 Å². The minimum atomic E-state index is 0.283. The Kier molecular flexibility index (Phi) is 3.00. The smallest absolute Gasteiger partial charge is 0.122 e. The van der Waals surface area contributed by atoms with Gasteiger partial charge < -0.3 is 9.72 Å². The SMILES string of the molecule is Cc1cc(Br)cc2[nH]c(C3COc4ccccc4C3)nc12. The predicted molar refractivity (Wildman–Crippen MR) is 86.9 cm³/mol. The zero-order valence-corrected chi connectivity index (χ0v) is 13.3. The number of para-hydroxylation sites is 1. The average Bonchev–Trinajstić information content (AvgIpc) is 2.91. The first-order valence-corrected chi connectivity index (χ1v) is 7.86. The van der Waals surface area contributed by atoms with E-state index in [-0.39, 0.29) is 5.92 Å². The van der Waals surface area contributed by atoms with Crippen molar-refractivity contribution in [3.05, 3.63) is 57.8 Å².